The molecule has 115 valence electrons. The van der Waals surface area contributed by atoms with Crippen LogP contribution in [0.2, 0.25) is 58.9 Å². The molecule has 0 aromatic heterocycles. The lowest BCUT2D eigenvalue weighted by atomic mass is 10.4. The van der Waals surface area contributed by atoms with Gasteiger partial charge in [0.2, 0.25) is 0 Å². The van der Waals surface area contributed by atoms with Gasteiger partial charge in [0.25, 0.3) is 0 Å². The quantitative estimate of drug-likeness (QED) is 0.538. The zero-order chi connectivity index (χ0) is 15.9. The monoisotopic (exact) mass is 336 g/mol. The van der Waals surface area contributed by atoms with Crippen molar-refractivity contribution in [3.63, 3.8) is 0 Å². The molecule has 0 N–H and O–H groups in total. The lowest BCUT2D eigenvalue weighted by Crippen LogP contribution is -2.85. The maximum atomic E-state index is 12.3. The van der Waals surface area contributed by atoms with Crippen molar-refractivity contribution in [1.82, 2.24) is 5.23 Å². The van der Waals surface area contributed by atoms with Crippen molar-refractivity contribution in [2.45, 2.75) is 78.8 Å². The summed E-state index contributed by atoms with van der Waals surface area (Å²) in [5.74, 6) is 0. The summed E-state index contributed by atoms with van der Waals surface area (Å²) < 4.78 is 6.39. The van der Waals surface area contributed by atoms with Gasteiger partial charge >= 0.3 is 0 Å². The van der Waals surface area contributed by atoms with Gasteiger partial charge in [0, 0.05) is 0 Å². The predicted molar refractivity (Wildman–Crippen MR) is 94.5 cm³/mol. The van der Waals surface area contributed by atoms with Crippen molar-refractivity contribution in [2.24, 2.45) is 0 Å². The third-order valence-electron chi connectivity index (χ3n) is 3.82. The Kier molecular flexibility index (Phi) is 6.09. The molecule has 0 spiro atoms. The average molecular weight is 337 g/mol. The van der Waals surface area contributed by atoms with E-state index in [1.165, 1.54) is 0 Å². The molecule has 0 unspecified atom stereocenters. The molecule has 0 aliphatic heterocycles. The second-order valence-corrected chi connectivity index (χ2v) is 48.3. The molecular weight excluding hydrogens is 302 g/mol. The van der Waals surface area contributed by atoms with E-state index >= 15 is 0 Å². The molecule has 0 aliphatic rings. The van der Waals surface area contributed by atoms with Crippen LogP contribution in [0.5, 0.6) is 0 Å². The van der Waals surface area contributed by atoms with E-state index in [4.69, 9.17) is 4.53 Å². The van der Waals surface area contributed by atoms with Crippen molar-refractivity contribution >= 4 is 29.6 Å². The lowest BCUT2D eigenvalue weighted by Gasteiger charge is -2.56. The minimum Gasteiger partial charge on any atom is -0.328 e. The van der Waals surface area contributed by atoms with Gasteiger partial charge in [-0.3, -0.25) is 0 Å². The SMILES string of the molecule is CC(C)N([O])O[Si]([Si](C)(C)C)([Si](C)(C)C)[Si](C)(C)C. The van der Waals surface area contributed by atoms with Crippen molar-refractivity contribution in [2.75, 3.05) is 0 Å². The fourth-order valence-electron chi connectivity index (χ4n) is 4.03. The average Bonchev–Trinajstić information content (AvgIpc) is 2.06. The Morgan fingerprint density at radius 2 is 1.00 bits per heavy atom. The molecule has 1 radical (unpaired) electrons. The fourth-order valence-corrected chi connectivity index (χ4v) is 96.4. The van der Waals surface area contributed by atoms with Gasteiger partial charge in [-0.05, 0) is 19.1 Å². The Morgan fingerprint density at radius 1 is 0.737 bits per heavy atom. The molecule has 3 nitrogen and oxygen atoms in total. The number of nitrogens with zero attached hydrogens (tertiary/aromatic N) is 1. The smallest absolute Gasteiger partial charge is 0.188 e. The largest absolute Gasteiger partial charge is 0.328 e. The standard InChI is InChI=1S/C12H34NO2Si4/c1-12(2)13(14)15-19(16(3,4)5,17(6,7)8)18(9,10)11/h12H,1-11H3. The summed E-state index contributed by atoms with van der Waals surface area (Å²) in [7, 11) is -4.55. The molecule has 0 rings (SSSR count). The second-order valence-electron chi connectivity index (χ2n) is 8.90. The van der Waals surface area contributed by atoms with Crippen molar-refractivity contribution < 1.29 is 9.73 Å². The number of rotatable bonds is 6. The highest BCUT2D eigenvalue weighted by Crippen LogP contribution is 2.38. The number of hydrogen-bond acceptors (Lipinski definition) is 2. The first-order chi connectivity index (χ1) is 8.08. The summed E-state index contributed by atoms with van der Waals surface area (Å²) in [6, 6.07) is -0.0871. The van der Waals surface area contributed by atoms with E-state index in [9.17, 15) is 5.21 Å². The number of hydroxylamine groups is 2. The van der Waals surface area contributed by atoms with Crippen LogP contribution in [0.3, 0.4) is 0 Å². The second kappa shape index (κ2) is 5.86. The van der Waals surface area contributed by atoms with Crippen LogP contribution in [0, 0.1) is 0 Å². The molecule has 0 saturated carbocycles. The minimum atomic E-state index is -2.00. The highest BCUT2D eigenvalue weighted by atomic mass is 29.9. The summed E-state index contributed by atoms with van der Waals surface area (Å²) in [5.41, 5.74) is 0. The first-order valence-corrected chi connectivity index (χ1v) is 22.6. The van der Waals surface area contributed by atoms with E-state index in [-0.39, 0.29) is 6.04 Å². The third-order valence-corrected chi connectivity index (χ3v) is 70.9. The van der Waals surface area contributed by atoms with Crippen molar-refractivity contribution in [1.29, 1.82) is 0 Å². The van der Waals surface area contributed by atoms with Crippen LogP contribution >= 0.6 is 0 Å². The topological polar surface area (TPSA) is 32.4 Å². The lowest BCUT2D eigenvalue weighted by molar-refractivity contribution is -0.347. The van der Waals surface area contributed by atoms with Crippen molar-refractivity contribution in [3.8, 4) is 0 Å². The van der Waals surface area contributed by atoms with E-state index in [1.807, 2.05) is 13.8 Å². The van der Waals surface area contributed by atoms with Gasteiger partial charge in [0.05, 0.1) is 28.8 Å². The molecule has 0 bridgehead atoms. The van der Waals surface area contributed by atoms with Crippen LogP contribution in [0.25, 0.3) is 0 Å². The van der Waals surface area contributed by atoms with Crippen LogP contribution in [0.4, 0.5) is 0 Å². The van der Waals surface area contributed by atoms with Gasteiger partial charge in [-0.2, -0.15) is 0 Å². The Balaban J connectivity index is 5.97. The summed E-state index contributed by atoms with van der Waals surface area (Å²) in [4.78, 5) is 0. The maximum absolute atomic E-state index is 12.3. The molecule has 0 atom stereocenters. The van der Waals surface area contributed by atoms with Gasteiger partial charge in [-0.25, -0.2) is 0 Å². The Labute approximate surface area is 123 Å². The molecule has 0 saturated heterocycles. The van der Waals surface area contributed by atoms with Crippen LogP contribution in [0.1, 0.15) is 13.8 Å². The highest BCUT2D eigenvalue weighted by Gasteiger charge is 2.65. The van der Waals surface area contributed by atoms with Gasteiger partial charge in [0.15, 0.2) is 6.87 Å². The van der Waals surface area contributed by atoms with Gasteiger partial charge in [0.1, 0.15) is 0 Å². The molecular formula is C12H34NO2Si4. The highest BCUT2D eigenvalue weighted by molar-refractivity contribution is 7.87. The predicted octanol–water partition coefficient (Wildman–Crippen LogP) is 4.17. The van der Waals surface area contributed by atoms with E-state index in [0.29, 0.717) is 0 Å². The fraction of sp³-hybridized carbons (Fsp3) is 1.00. The first-order valence-electron chi connectivity index (χ1n) is 7.23. The minimum absolute atomic E-state index is 0.0871. The zero-order valence-corrected chi connectivity index (χ0v) is 18.8. The zero-order valence-electron chi connectivity index (χ0n) is 14.8. The van der Waals surface area contributed by atoms with E-state index in [2.05, 4.69) is 58.9 Å². The maximum Gasteiger partial charge on any atom is 0.188 e. The van der Waals surface area contributed by atoms with E-state index in [1.54, 1.807) is 0 Å². The van der Waals surface area contributed by atoms with Gasteiger partial charge in [-0.1, -0.05) is 64.1 Å². The Bertz CT molecular complexity index is 266. The molecule has 0 aliphatic carbocycles. The molecule has 19 heavy (non-hydrogen) atoms. The molecule has 0 aromatic rings. The van der Waals surface area contributed by atoms with Crippen LogP contribution in [-0.2, 0) is 9.73 Å². The Morgan fingerprint density at radius 3 is 1.16 bits per heavy atom. The summed E-state index contributed by atoms with van der Waals surface area (Å²) in [5, 5.41) is 13.2. The third kappa shape index (κ3) is 3.89. The first kappa shape index (κ1) is 19.7. The molecule has 7 heteroatoms. The summed E-state index contributed by atoms with van der Waals surface area (Å²) in [6.07, 6.45) is 0. The van der Waals surface area contributed by atoms with E-state index < -0.39 is 29.6 Å². The molecule has 0 heterocycles. The van der Waals surface area contributed by atoms with Crippen LogP contribution < -0.4 is 0 Å². The normalized spacial score (nSPS) is 15.5. The summed E-state index contributed by atoms with van der Waals surface area (Å²) in [6.45, 7) is 23.6. The van der Waals surface area contributed by atoms with Gasteiger partial charge in [-0.15, -0.1) is 0 Å². The number of hydrogen-bond donors (Lipinski definition) is 0. The van der Waals surface area contributed by atoms with Gasteiger partial charge < -0.3 is 4.53 Å². The molecule has 0 amide bonds. The summed E-state index contributed by atoms with van der Waals surface area (Å²) >= 11 is 0. The Hall–Kier alpha value is 0.748. The molecule has 0 aromatic carbocycles. The van der Waals surface area contributed by atoms with E-state index in [0.717, 1.165) is 5.23 Å². The van der Waals surface area contributed by atoms with Crippen molar-refractivity contribution in [3.05, 3.63) is 0 Å². The molecule has 0 fully saturated rings. The van der Waals surface area contributed by atoms with Crippen LogP contribution in [-0.4, -0.2) is 40.9 Å². The van der Waals surface area contributed by atoms with Crippen LogP contribution in [0.15, 0.2) is 0 Å².